The minimum absolute atomic E-state index is 0.184. The summed E-state index contributed by atoms with van der Waals surface area (Å²) in [6.07, 6.45) is 1.63. The molecule has 0 fully saturated rings. The number of anilines is 1. The van der Waals surface area contributed by atoms with E-state index in [9.17, 15) is 14.0 Å². The van der Waals surface area contributed by atoms with Crippen molar-refractivity contribution in [2.24, 2.45) is 17.4 Å². The van der Waals surface area contributed by atoms with E-state index in [1.54, 1.807) is 12.1 Å². The lowest BCUT2D eigenvalue weighted by atomic mass is 9.98. The van der Waals surface area contributed by atoms with Crippen LogP contribution in [0.15, 0.2) is 36.5 Å². The Labute approximate surface area is 143 Å². The summed E-state index contributed by atoms with van der Waals surface area (Å²) in [5.41, 5.74) is 11.5. The molecule has 2 amide bonds. The zero-order valence-electron chi connectivity index (χ0n) is 12.6. The summed E-state index contributed by atoms with van der Waals surface area (Å²) < 4.78 is 12.9. The molecule has 0 saturated heterocycles. The van der Waals surface area contributed by atoms with Crippen molar-refractivity contribution in [1.82, 2.24) is 4.98 Å². The molecule has 8 heteroatoms. The first-order valence-electron chi connectivity index (χ1n) is 7.10. The van der Waals surface area contributed by atoms with Crippen LogP contribution < -0.4 is 16.8 Å². The molecule has 0 aliphatic carbocycles. The van der Waals surface area contributed by atoms with Crippen molar-refractivity contribution in [3.8, 4) is 0 Å². The van der Waals surface area contributed by atoms with Gasteiger partial charge in [0.1, 0.15) is 11.6 Å². The van der Waals surface area contributed by atoms with Gasteiger partial charge in [-0.15, -0.1) is 0 Å². The van der Waals surface area contributed by atoms with E-state index < -0.39 is 17.7 Å². The highest BCUT2D eigenvalue weighted by Gasteiger charge is 2.17. The number of carbonyl (C=O) groups excluding carboxylic acids is 2. The molecule has 0 aliphatic heterocycles. The fourth-order valence-corrected chi connectivity index (χ4v) is 2.33. The van der Waals surface area contributed by atoms with Crippen molar-refractivity contribution in [1.29, 1.82) is 0 Å². The first-order valence-corrected chi connectivity index (χ1v) is 7.47. The number of carbonyl (C=O) groups is 2. The van der Waals surface area contributed by atoms with E-state index in [4.69, 9.17) is 23.1 Å². The van der Waals surface area contributed by atoms with E-state index in [1.165, 1.54) is 24.4 Å². The third kappa shape index (κ3) is 4.66. The van der Waals surface area contributed by atoms with Crippen LogP contribution in [-0.4, -0.2) is 23.3 Å². The van der Waals surface area contributed by atoms with Crippen molar-refractivity contribution >= 4 is 29.2 Å². The lowest BCUT2D eigenvalue weighted by molar-refractivity contribution is -0.121. The van der Waals surface area contributed by atoms with Gasteiger partial charge in [0.05, 0.1) is 16.5 Å². The molecule has 6 nitrogen and oxygen atoms in total. The van der Waals surface area contributed by atoms with Crippen molar-refractivity contribution in [3.63, 3.8) is 0 Å². The van der Waals surface area contributed by atoms with Gasteiger partial charge in [0.15, 0.2) is 0 Å². The number of benzene rings is 1. The number of pyridine rings is 1. The van der Waals surface area contributed by atoms with E-state index in [-0.39, 0.29) is 22.9 Å². The molecule has 126 valence electrons. The molecule has 2 rings (SSSR count). The van der Waals surface area contributed by atoms with E-state index in [0.29, 0.717) is 12.2 Å². The van der Waals surface area contributed by atoms with Crippen molar-refractivity contribution in [2.75, 3.05) is 11.9 Å². The normalized spacial score (nSPS) is 11.8. The summed E-state index contributed by atoms with van der Waals surface area (Å²) in [4.78, 5) is 26.7. The minimum Gasteiger partial charge on any atom is -0.369 e. The first kappa shape index (κ1) is 17.7. The van der Waals surface area contributed by atoms with Crippen LogP contribution in [0, 0.1) is 11.7 Å². The smallest absolute Gasteiger partial charge is 0.250 e. The summed E-state index contributed by atoms with van der Waals surface area (Å²) in [5.74, 6) is -1.71. The first-order chi connectivity index (χ1) is 11.4. The fraction of sp³-hybridized carbons (Fsp3) is 0.188. The lowest BCUT2D eigenvalue weighted by Gasteiger charge is -2.15. The SMILES string of the molecule is NC(=O)c1cnc(NCC(Cc2ccc(F)cc2)C(N)=O)c(Cl)c1. The second kappa shape index (κ2) is 7.74. The van der Waals surface area contributed by atoms with Crippen LogP contribution in [-0.2, 0) is 11.2 Å². The molecule has 0 radical (unpaired) electrons. The Kier molecular flexibility index (Phi) is 5.70. The number of nitrogens with one attached hydrogen (secondary N) is 1. The maximum atomic E-state index is 12.9. The minimum atomic E-state index is -0.637. The van der Waals surface area contributed by atoms with Gasteiger partial charge in [-0.1, -0.05) is 23.7 Å². The van der Waals surface area contributed by atoms with Gasteiger partial charge in [0, 0.05) is 12.7 Å². The molecule has 0 saturated carbocycles. The number of rotatable bonds is 7. The molecular formula is C16H16ClFN4O2. The van der Waals surface area contributed by atoms with E-state index in [0.717, 1.165) is 5.56 Å². The largest absolute Gasteiger partial charge is 0.369 e. The quantitative estimate of drug-likeness (QED) is 0.706. The van der Waals surface area contributed by atoms with Crippen LogP contribution in [0.4, 0.5) is 10.2 Å². The van der Waals surface area contributed by atoms with Gasteiger partial charge in [0.25, 0.3) is 0 Å². The highest BCUT2D eigenvalue weighted by molar-refractivity contribution is 6.33. The molecule has 1 atom stereocenters. The van der Waals surface area contributed by atoms with Gasteiger partial charge in [-0.2, -0.15) is 0 Å². The molecule has 2 aromatic rings. The molecule has 1 aromatic heterocycles. The Morgan fingerprint density at radius 1 is 1.25 bits per heavy atom. The van der Waals surface area contributed by atoms with Crippen molar-refractivity contribution in [3.05, 3.63) is 58.5 Å². The third-order valence-corrected chi connectivity index (χ3v) is 3.73. The van der Waals surface area contributed by atoms with E-state index in [1.807, 2.05) is 0 Å². The highest BCUT2D eigenvalue weighted by atomic mass is 35.5. The fourth-order valence-electron chi connectivity index (χ4n) is 2.10. The second-order valence-electron chi connectivity index (χ2n) is 5.23. The molecule has 1 unspecified atom stereocenters. The van der Waals surface area contributed by atoms with Crippen molar-refractivity contribution in [2.45, 2.75) is 6.42 Å². The number of nitrogens with two attached hydrogens (primary N) is 2. The summed E-state index contributed by atoms with van der Waals surface area (Å²) in [7, 11) is 0. The predicted octanol–water partition coefficient (Wildman–Crippen LogP) is 1.73. The number of nitrogens with zero attached hydrogens (tertiary/aromatic N) is 1. The van der Waals surface area contributed by atoms with Crippen molar-refractivity contribution < 1.29 is 14.0 Å². The van der Waals surface area contributed by atoms with Gasteiger partial charge < -0.3 is 16.8 Å². The van der Waals surface area contributed by atoms with Crippen LogP contribution >= 0.6 is 11.6 Å². The van der Waals surface area contributed by atoms with Gasteiger partial charge in [-0.3, -0.25) is 9.59 Å². The average molecular weight is 351 g/mol. The zero-order valence-corrected chi connectivity index (χ0v) is 13.4. The molecule has 0 bridgehead atoms. The van der Waals surface area contributed by atoms with Gasteiger partial charge in [-0.05, 0) is 30.2 Å². The Morgan fingerprint density at radius 2 is 1.92 bits per heavy atom. The molecule has 1 heterocycles. The Hall–Kier alpha value is -2.67. The number of halogens is 2. The Balaban J connectivity index is 2.05. The maximum absolute atomic E-state index is 12.9. The zero-order chi connectivity index (χ0) is 17.7. The summed E-state index contributed by atoms with van der Waals surface area (Å²) in [5, 5.41) is 3.13. The topological polar surface area (TPSA) is 111 Å². The van der Waals surface area contributed by atoms with Crippen LogP contribution in [0.1, 0.15) is 15.9 Å². The number of aromatic nitrogens is 1. The molecule has 0 aliphatic rings. The number of primary amides is 2. The molecule has 0 spiro atoms. The average Bonchev–Trinajstić information content (AvgIpc) is 2.53. The van der Waals surface area contributed by atoms with Crippen LogP contribution in [0.3, 0.4) is 0 Å². The number of hydrogen-bond acceptors (Lipinski definition) is 4. The molecule has 24 heavy (non-hydrogen) atoms. The highest BCUT2D eigenvalue weighted by Crippen LogP contribution is 2.21. The van der Waals surface area contributed by atoms with Gasteiger partial charge >= 0.3 is 0 Å². The summed E-state index contributed by atoms with van der Waals surface area (Å²) >= 11 is 6.02. The summed E-state index contributed by atoms with van der Waals surface area (Å²) in [6.45, 7) is 0.190. The molecular weight excluding hydrogens is 335 g/mol. The molecule has 1 aromatic carbocycles. The molecule has 5 N–H and O–H groups in total. The Bertz CT molecular complexity index is 752. The van der Waals surface area contributed by atoms with E-state index >= 15 is 0 Å². The second-order valence-corrected chi connectivity index (χ2v) is 5.64. The lowest BCUT2D eigenvalue weighted by Crippen LogP contribution is -2.31. The van der Waals surface area contributed by atoms with Gasteiger partial charge in [-0.25, -0.2) is 9.37 Å². The number of hydrogen-bond donors (Lipinski definition) is 3. The van der Waals surface area contributed by atoms with E-state index in [2.05, 4.69) is 10.3 Å². The van der Waals surface area contributed by atoms with Gasteiger partial charge in [0.2, 0.25) is 11.8 Å². The van der Waals surface area contributed by atoms with Crippen LogP contribution in [0.2, 0.25) is 5.02 Å². The maximum Gasteiger partial charge on any atom is 0.250 e. The van der Waals surface area contributed by atoms with Crippen LogP contribution in [0.5, 0.6) is 0 Å². The monoisotopic (exact) mass is 350 g/mol. The standard InChI is InChI=1S/C16H16ClFN4O2/c17-13-6-11(15(20)24)8-22-16(13)21-7-10(14(19)23)5-9-1-3-12(18)4-2-9/h1-4,6,8,10H,5,7H2,(H2,19,23)(H2,20,24)(H,21,22). The van der Waals surface area contributed by atoms with Crippen LogP contribution in [0.25, 0.3) is 0 Å². The summed E-state index contributed by atoms with van der Waals surface area (Å²) in [6, 6.07) is 7.22. The predicted molar refractivity (Wildman–Crippen MR) is 89.0 cm³/mol. The number of amides is 2. The third-order valence-electron chi connectivity index (χ3n) is 3.44. The Morgan fingerprint density at radius 3 is 2.46 bits per heavy atom.